The van der Waals surface area contributed by atoms with Gasteiger partial charge in [0.2, 0.25) is 0 Å². The number of hydrogen-bond acceptors (Lipinski definition) is 4. The minimum atomic E-state index is -0.244. The van der Waals surface area contributed by atoms with E-state index >= 15 is 0 Å². The van der Waals surface area contributed by atoms with Crippen LogP contribution in [0.2, 0.25) is 0 Å². The Morgan fingerprint density at radius 1 is 1.08 bits per heavy atom. The maximum atomic E-state index is 12.2. The molecule has 3 aromatic rings. The van der Waals surface area contributed by atoms with Crippen LogP contribution in [0.1, 0.15) is 26.4 Å². The van der Waals surface area contributed by atoms with Crippen LogP contribution in [0.4, 0.5) is 5.13 Å². The predicted molar refractivity (Wildman–Crippen MR) is 112 cm³/mol. The van der Waals surface area contributed by atoms with Crippen molar-refractivity contribution in [1.29, 1.82) is 0 Å². The standard InChI is InChI=1S/C20H19N3OS2/c1-12-9-10-13(2)16(11-12)17-14(3)26-20(21-17)23-19(25)22-18(24)15-7-5-4-6-8-15/h4-11H,1-3H3,(H2,21,22,23,24,25). The van der Waals surface area contributed by atoms with Gasteiger partial charge in [-0.3, -0.25) is 10.1 Å². The summed E-state index contributed by atoms with van der Waals surface area (Å²) in [6, 6.07) is 15.3. The SMILES string of the molecule is Cc1ccc(C)c(-c2nc(NC(=S)NC(=O)c3ccccc3)sc2C)c1. The first-order valence-electron chi connectivity index (χ1n) is 8.16. The number of hydrogen-bond donors (Lipinski definition) is 2. The zero-order valence-corrected chi connectivity index (χ0v) is 16.4. The van der Waals surface area contributed by atoms with E-state index in [4.69, 9.17) is 12.2 Å². The molecule has 132 valence electrons. The average Bonchev–Trinajstić information content (AvgIpc) is 2.97. The van der Waals surface area contributed by atoms with Crippen molar-refractivity contribution < 1.29 is 4.79 Å². The second-order valence-electron chi connectivity index (χ2n) is 6.02. The first-order chi connectivity index (χ1) is 12.4. The van der Waals surface area contributed by atoms with Crippen LogP contribution in [0.3, 0.4) is 0 Å². The van der Waals surface area contributed by atoms with Crippen molar-refractivity contribution in [3.05, 3.63) is 70.1 Å². The molecule has 0 bridgehead atoms. The highest BCUT2D eigenvalue weighted by Gasteiger charge is 2.14. The minimum absolute atomic E-state index is 0.236. The molecular formula is C20H19N3OS2. The Kier molecular flexibility index (Phi) is 5.44. The number of nitrogens with zero attached hydrogens (tertiary/aromatic N) is 1. The van der Waals surface area contributed by atoms with Crippen LogP contribution in [0.25, 0.3) is 11.3 Å². The lowest BCUT2D eigenvalue weighted by Crippen LogP contribution is -2.34. The fraction of sp³-hybridized carbons (Fsp3) is 0.150. The molecule has 1 aromatic heterocycles. The third-order valence-corrected chi connectivity index (χ3v) is 5.02. The number of nitrogens with one attached hydrogen (secondary N) is 2. The number of aryl methyl sites for hydroxylation is 3. The molecule has 0 radical (unpaired) electrons. The van der Waals surface area contributed by atoms with Gasteiger partial charge in [-0.05, 0) is 56.8 Å². The molecule has 0 aliphatic carbocycles. The molecule has 1 amide bonds. The van der Waals surface area contributed by atoms with Crippen molar-refractivity contribution in [2.75, 3.05) is 5.32 Å². The van der Waals surface area contributed by atoms with E-state index in [9.17, 15) is 4.79 Å². The number of carbonyl (C=O) groups is 1. The van der Waals surface area contributed by atoms with Gasteiger partial charge in [0, 0.05) is 16.0 Å². The Morgan fingerprint density at radius 3 is 2.54 bits per heavy atom. The van der Waals surface area contributed by atoms with Crippen LogP contribution in [-0.4, -0.2) is 16.0 Å². The summed E-state index contributed by atoms with van der Waals surface area (Å²) in [5.41, 5.74) is 4.98. The molecule has 0 saturated heterocycles. The number of thiocarbonyl (C=S) groups is 1. The Morgan fingerprint density at radius 2 is 1.81 bits per heavy atom. The quantitative estimate of drug-likeness (QED) is 0.636. The lowest BCUT2D eigenvalue weighted by molar-refractivity contribution is 0.0977. The molecule has 0 spiro atoms. The zero-order chi connectivity index (χ0) is 18.7. The zero-order valence-electron chi connectivity index (χ0n) is 14.8. The van der Waals surface area contributed by atoms with E-state index in [1.54, 1.807) is 12.1 Å². The van der Waals surface area contributed by atoms with E-state index in [1.807, 2.05) is 25.1 Å². The second-order valence-corrected chi connectivity index (χ2v) is 7.63. The van der Waals surface area contributed by atoms with Gasteiger partial charge in [-0.2, -0.15) is 0 Å². The maximum Gasteiger partial charge on any atom is 0.257 e. The number of aromatic nitrogens is 1. The third-order valence-electron chi connectivity index (χ3n) is 3.93. The van der Waals surface area contributed by atoms with Crippen molar-refractivity contribution >= 4 is 39.7 Å². The molecule has 1 heterocycles. The molecule has 0 aliphatic rings. The number of amides is 1. The van der Waals surface area contributed by atoms with Gasteiger partial charge in [-0.1, -0.05) is 35.9 Å². The summed E-state index contributed by atoms with van der Waals surface area (Å²) in [7, 11) is 0. The summed E-state index contributed by atoms with van der Waals surface area (Å²) in [4.78, 5) is 17.9. The van der Waals surface area contributed by atoms with Gasteiger partial charge in [0.05, 0.1) is 5.69 Å². The molecular weight excluding hydrogens is 362 g/mol. The molecule has 6 heteroatoms. The van der Waals surface area contributed by atoms with Crippen molar-refractivity contribution in [2.24, 2.45) is 0 Å². The highest BCUT2D eigenvalue weighted by atomic mass is 32.1. The van der Waals surface area contributed by atoms with Gasteiger partial charge in [0.1, 0.15) is 0 Å². The number of thiazole rings is 1. The largest absolute Gasteiger partial charge is 0.308 e. The molecule has 26 heavy (non-hydrogen) atoms. The van der Waals surface area contributed by atoms with E-state index in [0.29, 0.717) is 10.7 Å². The molecule has 0 aliphatic heterocycles. The van der Waals surface area contributed by atoms with Crippen molar-refractivity contribution in [3.63, 3.8) is 0 Å². The number of benzene rings is 2. The van der Waals surface area contributed by atoms with Gasteiger partial charge in [0.25, 0.3) is 5.91 Å². The summed E-state index contributed by atoms with van der Waals surface area (Å²) in [6.45, 7) is 6.18. The minimum Gasteiger partial charge on any atom is -0.308 e. The Labute approximate surface area is 162 Å². The topological polar surface area (TPSA) is 54.0 Å². The van der Waals surface area contributed by atoms with Crippen LogP contribution in [-0.2, 0) is 0 Å². The third kappa shape index (κ3) is 4.15. The van der Waals surface area contributed by atoms with Gasteiger partial charge < -0.3 is 5.32 Å². The predicted octanol–water partition coefficient (Wildman–Crippen LogP) is 4.86. The van der Waals surface area contributed by atoms with Crippen molar-refractivity contribution in [3.8, 4) is 11.3 Å². The van der Waals surface area contributed by atoms with Crippen molar-refractivity contribution in [1.82, 2.24) is 10.3 Å². The molecule has 2 N–H and O–H groups in total. The Hall–Kier alpha value is -2.57. The Bertz CT molecular complexity index is 964. The van der Waals surface area contributed by atoms with Crippen LogP contribution in [0, 0.1) is 20.8 Å². The molecule has 0 saturated carbocycles. The summed E-state index contributed by atoms with van der Waals surface area (Å²) < 4.78 is 0. The van der Waals surface area contributed by atoms with Crippen LogP contribution in [0.5, 0.6) is 0 Å². The van der Waals surface area contributed by atoms with E-state index in [0.717, 1.165) is 16.1 Å². The highest BCUT2D eigenvalue weighted by Crippen LogP contribution is 2.32. The monoisotopic (exact) mass is 381 g/mol. The second kappa shape index (κ2) is 7.76. The van der Waals surface area contributed by atoms with Crippen LogP contribution < -0.4 is 10.6 Å². The van der Waals surface area contributed by atoms with E-state index in [1.165, 1.54) is 22.5 Å². The number of anilines is 1. The summed E-state index contributed by atoms with van der Waals surface area (Å²) in [5.74, 6) is -0.244. The smallest absolute Gasteiger partial charge is 0.257 e. The van der Waals surface area contributed by atoms with E-state index in [-0.39, 0.29) is 11.0 Å². The van der Waals surface area contributed by atoms with E-state index < -0.39 is 0 Å². The van der Waals surface area contributed by atoms with Crippen LogP contribution >= 0.6 is 23.6 Å². The molecule has 4 nitrogen and oxygen atoms in total. The van der Waals surface area contributed by atoms with Crippen LogP contribution in [0.15, 0.2) is 48.5 Å². The molecule has 0 unspecified atom stereocenters. The normalized spacial score (nSPS) is 10.4. The van der Waals surface area contributed by atoms with Gasteiger partial charge in [0.15, 0.2) is 10.2 Å². The first kappa shape index (κ1) is 18.2. The Balaban J connectivity index is 1.74. The van der Waals surface area contributed by atoms with Gasteiger partial charge in [-0.25, -0.2) is 4.98 Å². The summed E-state index contributed by atoms with van der Waals surface area (Å²) in [5, 5.41) is 6.60. The molecule has 0 fully saturated rings. The maximum absolute atomic E-state index is 12.2. The van der Waals surface area contributed by atoms with Gasteiger partial charge >= 0.3 is 0 Å². The van der Waals surface area contributed by atoms with E-state index in [2.05, 4.69) is 47.7 Å². The number of carbonyl (C=O) groups excluding carboxylic acids is 1. The number of rotatable bonds is 3. The first-order valence-corrected chi connectivity index (χ1v) is 9.39. The fourth-order valence-corrected chi connectivity index (χ4v) is 3.67. The lowest BCUT2D eigenvalue weighted by atomic mass is 10.0. The lowest BCUT2D eigenvalue weighted by Gasteiger charge is -2.07. The molecule has 0 atom stereocenters. The average molecular weight is 382 g/mol. The van der Waals surface area contributed by atoms with Crippen molar-refractivity contribution in [2.45, 2.75) is 20.8 Å². The molecule has 3 rings (SSSR count). The highest BCUT2D eigenvalue weighted by molar-refractivity contribution is 7.80. The summed E-state index contributed by atoms with van der Waals surface area (Å²) >= 11 is 6.77. The van der Waals surface area contributed by atoms with Gasteiger partial charge in [-0.15, -0.1) is 11.3 Å². The molecule has 2 aromatic carbocycles. The fourth-order valence-electron chi connectivity index (χ4n) is 2.58. The summed E-state index contributed by atoms with van der Waals surface area (Å²) in [6.07, 6.45) is 0.